The van der Waals surface area contributed by atoms with Crippen LogP contribution in [0.3, 0.4) is 0 Å². The average molecular weight is 337 g/mol. The van der Waals surface area contributed by atoms with Gasteiger partial charge >= 0.3 is 0 Å². The van der Waals surface area contributed by atoms with Crippen molar-refractivity contribution in [1.82, 2.24) is 15.1 Å². The highest BCUT2D eigenvalue weighted by molar-refractivity contribution is 5.88. The van der Waals surface area contributed by atoms with Crippen LogP contribution in [0.25, 0.3) is 0 Å². The maximum atomic E-state index is 13.5. The van der Waals surface area contributed by atoms with E-state index >= 15 is 0 Å². The van der Waals surface area contributed by atoms with Crippen molar-refractivity contribution < 1.29 is 4.79 Å². The fourth-order valence-corrected chi connectivity index (χ4v) is 4.74. The Morgan fingerprint density at radius 3 is 2.60 bits per heavy atom. The standard InChI is InChI=1S/C21H27N3O/c1-16-5-4-6-18(15-16)21(10-2-3-11-21)20(25)24-13-8-17(9-14-24)19-7-12-22-23-19/h4-7,12,15,17H,2-3,8-11,13-14H2,1H3,(H,22,23). The van der Waals surface area contributed by atoms with Crippen molar-refractivity contribution in [1.29, 1.82) is 0 Å². The number of piperidine rings is 1. The molecule has 2 aromatic rings. The maximum Gasteiger partial charge on any atom is 0.233 e. The quantitative estimate of drug-likeness (QED) is 0.922. The third kappa shape index (κ3) is 2.99. The number of benzene rings is 1. The Balaban J connectivity index is 1.52. The van der Waals surface area contributed by atoms with Crippen LogP contribution in [-0.2, 0) is 10.2 Å². The molecule has 25 heavy (non-hydrogen) atoms. The number of nitrogens with one attached hydrogen (secondary N) is 1. The fourth-order valence-electron chi connectivity index (χ4n) is 4.74. The van der Waals surface area contributed by atoms with E-state index in [1.165, 1.54) is 16.8 Å². The van der Waals surface area contributed by atoms with Crippen molar-refractivity contribution in [3.05, 3.63) is 53.3 Å². The summed E-state index contributed by atoms with van der Waals surface area (Å²) in [6, 6.07) is 10.7. The minimum atomic E-state index is -0.285. The molecule has 0 unspecified atom stereocenters. The number of rotatable bonds is 3. The molecular weight excluding hydrogens is 310 g/mol. The van der Waals surface area contributed by atoms with Crippen molar-refractivity contribution >= 4 is 5.91 Å². The number of carbonyl (C=O) groups is 1. The highest BCUT2D eigenvalue weighted by Gasteiger charge is 2.45. The van der Waals surface area contributed by atoms with Gasteiger partial charge in [-0.05, 0) is 44.2 Å². The first-order chi connectivity index (χ1) is 12.2. The number of hydrogen-bond acceptors (Lipinski definition) is 2. The maximum absolute atomic E-state index is 13.5. The smallest absolute Gasteiger partial charge is 0.233 e. The Morgan fingerprint density at radius 1 is 1.20 bits per heavy atom. The molecule has 1 aromatic heterocycles. The first-order valence-corrected chi connectivity index (χ1v) is 9.55. The Kier molecular flexibility index (Phi) is 4.36. The SMILES string of the molecule is Cc1cccc(C2(C(=O)N3CCC(c4ccn[nH]4)CC3)CCCC2)c1. The lowest BCUT2D eigenvalue weighted by Gasteiger charge is -2.38. The molecule has 1 aliphatic carbocycles. The third-order valence-corrected chi connectivity index (χ3v) is 6.18. The van der Waals surface area contributed by atoms with Crippen LogP contribution in [0.4, 0.5) is 0 Å². The van der Waals surface area contributed by atoms with Gasteiger partial charge in [-0.2, -0.15) is 5.10 Å². The van der Waals surface area contributed by atoms with Gasteiger partial charge in [0.1, 0.15) is 0 Å². The topological polar surface area (TPSA) is 49.0 Å². The van der Waals surface area contributed by atoms with Gasteiger partial charge in [-0.25, -0.2) is 0 Å². The second-order valence-electron chi connectivity index (χ2n) is 7.74. The van der Waals surface area contributed by atoms with Gasteiger partial charge in [0.2, 0.25) is 5.91 Å². The lowest BCUT2D eigenvalue weighted by Crippen LogP contribution is -2.48. The molecule has 4 heteroatoms. The summed E-state index contributed by atoms with van der Waals surface area (Å²) in [7, 11) is 0. The molecule has 132 valence electrons. The molecule has 0 atom stereocenters. The molecule has 1 amide bonds. The van der Waals surface area contributed by atoms with E-state index in [1.807, 2.05) is 6.20 Å². The van der Waals surface area contributed by atoms with Crippen LogP contribution in [-0.4, -0.2) is 34.1 Å². The van der Waals surface area contributed by atoms with Gasteiger partial charge < -0.3 is 4.90 Å². The summed E-state index contributed by atoms with van der Waals surface area (Å²) in [5, 5.41) is 7.16. The second-order valence-corrected chi connectivity index (χ2v) is 7.74. The van der Waals surface area contributed by atoms with Gasteiger partial charge in [0, 0.05) is 30.9 Å². The lowest BCUT2D eigenvalue weighted by molar-refractivity contribution is -0.138. The number of aryl methyl sites for hydroxylation is 1. The van der Waals surface area contributed by atoms with Crippen LogP contribution in [0.15, 0.2) is 36.5 Å². The van der Waals surface area contributed by atoms with E-state index in [0.717, 1.165) is 51.6 Å². The molecular formula is C21H27N3O. The molecule has 1 saturated heterocycles. The lowest BCUT2D eigenvalue weighted by atomic mass is 9.76. The molecule has 0 bridgehead atoms. The molecule has 0 radical (unpaired) electrons. The van der Waals surface area contributed by atoms with E-state index in [4.69, 9.17) is 0 Å². The zero-order chi connectivity index (χ0) is 17.3. The van der Waals surface area contributed by atoms with Crippen molar-refractivity contribution in [2.24, 2.45) is 0 Å². The van der Waals surface area contributed by atoms with Crippen molar-refractivity contribution in [3.63, 3.8) is 0 Å². The third-order valence-electron chi connectivity index (χ3n) is 6.18. The van der Waals surface area contributed by atoms with E-state index < -0.39 is 0 Å². The van der Waals surface area contributed by atoms with E-state index in [0.29, 0.717) is 11.8 Å². The first-order valence-electron chi connectivity index (χ1n) is 9.55. The Labute approximate surface area is 149 Å². The fraction of sp³-hybridized carbons (Fsp3) is 0.524. The summed E-state index contributed by atoms with van der Waals surface area (Å²) >= 11 is 0. The normalized spacial score (nSPS) is 20.8. The Hall–Kier alpha value is -2.10. The molecule has 2 aliphatic rings. The number of aromatic nitrogens is 2. The highest BCUT2D eigenvalue weighted by Crippen LogP contribution is 2.43. The molecule has 1 N–H and O–H groups in total. The van der Waals surface area contributed by atoms with Gasteiger partial charge in [0.05, 0.1) is 5.41 Å². The van der Waals surface area contributed by atoms with Crippen molar-refractivity contribution in [2.45, 2.75) is 56.8 Å². The summed E-state index contributed by atoms with van der Waals surface area (Å²) in [5.74, 6) is 0.865. The van der Waals surface area contributed by atoms with Gasteiger partial charge in [0.25, 0.3) is 0 Å². The summed E-state index contributed by atoms with van der Waals surface area (Å²) in [6.07, 6.45) is 8.17. The molecule has 1 saturated carbocycles. The van der Waals surface area contributed by atoms with Gasteiger partial charge in [-0.15, -0.1) is 0 Å². The van der Waals surface area contributed by atoms with E-state index in [-0.39, 0.29) is 5.41 Å². The number of likely N-dealkylation sites (tertiary alicyclic amines) is 1. The minimum Gasteiger partial charge on any atom is -0.342 e. The number of carbonyl (C=O) groups excluding carboxylic acids is 1. The number of hydrogen-bond donors (Lipinski definition) is 1. The van der Waals surface area contributed by atoms with Crippen LogP contribution in [0.2, 0.25) is 0 Å². The van der Waals surface area contributed by atoms with Crippen LogP contribution >= 0.6 is 0 Å². The van der Waals surface area contributed by atoms with Crippen LogP contribution in [0, 0.1) is 6.92 Å². The Bertz CT molecular complexity index is 723. The Morgan fingerprint density at radius 2 is 1.96 bits per heavy atom. The van der Waals surface area contributed by atoms with E-state index in [9.17, 15) is 4.79 Å². The molecule has 1 aromatic carbocycles. The number of amides is 1. The molecule has 2 heterocycles. The van der Waals surface area contributed by atoms with Crippen LogP contribution < -0.4 is 0 Å². The van der Waals surface area contributed by atoms with Crippen LogP contribution in [0.1, 0.15) is 61.3 Å². The zero-order valence-corrected chi connectivity index (χ0v) is 15.0. The van der Waals surface area contributed by atoms with Gasteiger partial charge in [0.15, 0.2) is 0 Å². The predicted octanol–water partition coefficient (Wildman–Crippen LogP) is 3.94. The number of aromatic amines is 1. The van der Waals surface area contributed by atoms with Crippen molar-refractivity contribution in [3.8, 4) is 0 Å². The molecule has 0 spiro atoms. The molecule has 4 rings (SSSR count). The van der Waals surface area contributed by atoms with Crippen LogP contribution in [0.5, 0.6) is 0 Å². The van der Waals surface area contributed by atoms with E-state index in [2.05, 4.69) is 52.4 Å². The van der Waals surface area contributed by atoms with Gasteiger partial charge in [-0.3, -0.25) is 9.89 Å². The summed E-state index contributed by atoms with van der Waals surface area (Å²) in [5.41, 5.74) is 3.40. The highest BCUT2D eigenvalue weighted by atomic mass is 16.2. The molecule has 1 aliphatic heterocycles. The number of nitrogens with zero attached hydrogens (tertiary/aromatic N) is 2. The molecule has 4 nitrogen and oxygen atoms in total. The average Bonchev–Trinajstić information content (AvgIpc) is 3.34. The van der Waals surface area contributed by atoms with Gasteiger partial charge in [-0.1, -0.05) is 42.7 Å². The summed E-state index contributed by atoms with van der Waals surface area (Å²) in [6.45, 7) is 3.83. The predicted molar refractivity (Wildman–Crippen MR) is 98.5 cm³/mol. The molecule has 2 fully saturated rings. The number of H-pyrrole nitrogens is 1. The minimum absolute atomic E-state index is 0.285. The first kappa shape index (κ1) is 16.4. The monoisotopic (exact) mass is 337 g/mol. The summed E-state index contributed by atoms with van der Waals surface area (Å²) < 4.78 is 0. The second kappa shape index (κ2) is 6.66. The largest absolute Gasteiger partial charge is 0.342 e. The van der Waals surface area contributed by atoms with Crippen molar-refractivity contribution in [2.75, 3.05) is 13.1 Å². The zero-order valence-electron chi connectivity index (χ0n) is 15.0. The summed E-state index contributed by atoms with van der Waals surface area (Å²) in [4.78, 5) is 15.7. The van der Waals surface area contributed by atoms with E-state index in [1.54, 1.807) is 0 Å².